The highest BCUT2D eigenvalue weighted by atomic mass is 16.5. The van der Waals surface area contributed by atoms with Crippen LogP contribution < -0.4 is 16.2 Å². The SMILES string of the molecule is COc1ccc([C@H](CN)c2ccc(N)cc2)cc1. The molecular formula is C15H18N2O. The van der Waals surface area contributed by atoms with E-state index in [1.165, 1.54) is 11.1 Å². The molecule has 0 saturated carbocycles. The normalized spacial score (nSPS) is 12.1. The van der Waals surface area contributed by atoms with Gasteiger partial charge in [-0.1, -0.05) is 24.3 Å². The van der Waals surface area contributed by atoms with Gasteiger partial charge in [0.1, 0.15) is 5.75 Å². The second-order valence-electron chi connectivity index (χ2n) is 4.23. The zero-order valence-electron chi connectivity index (χ0n) is 10.5. The van der Waals surface area contributed by atoms with Gasteiger partial charge >= 0.3 is 0 Å². The molecular weight excluding hydrogens is 224 g/mol. The number of ether oxygens (including phenoxy) is 1. The molecule has 0 aliphatic carbocycles. The molecule has 0 aliphatic heterocycles. The number of hydrogen-bond donors (Lipinski definition) is 2. The fourth-order valence-electron chi connectivity index (χ4n) is 2.03. The van der Waals surface area contributed by atoms with Gasteiger partial charge in [-0.2, -0.15) is 0 Å². The van der Waals surface area contributed by atoms with Crippen LogP contribution in [-0.2, 0) is 0 Å². The van der Waals surface area contributed by atoms with Crippen LogP contribution in [-0.4, -0.2) is 13.7 Å². The van der Waals surface area contributed by atoms with Crippen molar-refractivity contribution in [1.29, 1.82) is 0 Å². The number of hydrogen-bond acceptors (Lipinski definition) is 3. The lowest BCUT2D eigenvalue weighted by molar-refractivity contribution is 0.414. The van der Waals surface area contributed by atoms with E-state index in [0.29, 0.717) is 6.54 Å². The molecule has 0 saturated heterocycles. The van der Waals surface area contributed by atoms with Gasteiger partial charge in [0.2, 0.25) is 0 Å². The van der Waals surface area contributed by atoms with Gasteiger partial charge in [-0.25, -0.2) is 0 Å². The number of nitrogen functional groups attached to an aromatic ring is 1. The van der Waals surface area contributed by atoms with Crippen LogP contribution in [0.3, 0.4) is 0 Å². The maximum atomic E-state index is 5.88. The van der Waals surface area contributed by atoms with Crippen molar-refractivity contribution in [2.75, 3.05) is 19.4 Å². The fourth-order valence-corrected chi connectivity index (χ4v) is 2.03. The Kier molecular flexibility index (Phi) is 3.85. The van der Waals surface area contributed by atoms with E-state index in [2.05, 4.69) is 0 Å². The predicted molar refractivity (Wildman–Crippen MR) is 74.7 cm³/mol. The lowest BCUT2D eigenvalue weighted by Gasteiger charge is -2.16. The minimum atomic E-state index is 0.191. The third-order valence-electron chi connectivity index (χ3n) is 3.09. The Morgan fingerprint density at radius 2 is 1.44 bits per heavy atom. The van der Waals surface area contributed by atoms with Crippen molar-refractivity contribution < 1.29 is 4.74 Å². The average molecular weight is 242 g/mol. The van der Waals surface area contributed by atoms with E-state index >= 15 is 0 Å². The van der Waals surface area contributed by atoms with Crippen LogP contribution in [0.15, 0.2) is 48.5 Å². The minimum absolute atomic E-state index is 0.191. The summed E-state index contributed by atoms with van der Waals surface area (Å²) in [6, 6.07) is 15.9. The van der Waals surface area contributed by atoms with Gasteiger partial charge in [0.05, 0.1) is 7.11 Å². The van der Waals surface area contributed by atoms with Crippen molar-refractivity contribution in [2.45, 2.75) is 5.92 Å². The Balaban J connectivity index is 2.29. The Morgan fingerprint density at radius 1 is 0.944 bits per heavy atom. The van der Waals surface area contributed by atoms with Gasteiger partial charge in [-0.05, 0) is 35.4 Å². The summed E-state index contributed by atoms with van der Waals surface area (Å²) in [5.41, 5.74) is 14.7. The largest absolute Gasteiger partial charge is 0.497 e. The van der Waals surface area contributed by atoms with Crippen molar-refractivity contribution >= 4 is 5.69 Å². The lowest BCUT2D eigenvalue weighted by Crippen LogP contribution is -2.13. The molecule has 2 aromatic rings. The Labute approximate surface area is 107 Å². The Morgan fingerprint density at radius 3 is 1.89 bits per heavy atom. The van der Waals surface area contributed by atoms with Crippen LogP contribution >= 0.6 is 0 Å². The number of benzene rings is 2. The monoisotopic (exact) mass is 242 g/mol. The molecule has 18 heavy (non-hydrogen) atoms. The maximum absolute atomic E-state index is 5.88. The molecule has 0 spiro atoms. The second-order valence-corrected chi connectivity index (χ2v) is 4.23. The highest BCUT2D eigenvalue weighted by molar-refractivity contribution is 5.43. The van der Waals surface area contributed by atoms with Gasteiger partial charge in [0, 0.05) is 18.2 Å². The number of nitrogens with two attached hydrogens (primary N) is 2. The maximum Gasteiger partial charge on any atom is 0.118 e. The summed E-state index contributed by atoms with van der Waals surface area (Å²) in [5.74, 6) is 1.04. The second kappa shape index (κ2) is 5.56. The number of anilines is 1. The molecule has 0 fully saturated rings. The van der Waals surface area contributed by atoms with E-state index in [1.54, 1.807) is 7.11 Å². The van der Waals surface area contributed by atoms with E-state index < -0.39 is 0 Å². The summed E-state index contributed by atoms with van der Waals surface area (Å²) in [6.45, 7) is 0.566. The van der Waals surface area contributed by atoms with Crippen molar-refractivity contribution in [3.8, 4) is 5.75 Å². The molecule has 1 atom stereocenters. The van der Waals surface area contributed by atoms with Crippen molar-refractivity contribution in [3.63, 3.8) is 0 Å². The average Bonchev–Trinajstić information content (AvgIpc) is 2.42. The van der Waals surface area contributed by atoms with Crippen molar-refractivity contribution in [2.24, 2.45) is 5.73 Å². The van der Waals surface area contributed by atoms with Crippen LogP contribution in [0, 0.1) is 0 Å². The first-order valence-electron chi connectivity index (χ1n) is 5.94. The summed E-state index contributed by atoms with van der Waals surface area (Å²) in [4.78, 5) is 0. The molecule has 0 aliphatic rings. The Bertz CT molecular complexity index is 491. The zero-order chi connectivity index (χ0) is 13.0. The van der Waals surface area contributed by atoms with Gasteiger partial charge in [-0.3, -0.25) is 0 Å². The molecule has 2 aromatic carbocycles. The lowest BCUT2D eigenvalue weighted by atomic mass is 9.91. The van der Waals surface area contributed by atoms with Crippen LogP contribution in [0.5, 0.6) is 5.75 Å². The molecule has 3 nitrogen and oxygen atoms in total. The molecule has 0 amide bonds. The van der Waals surface area contributed by atoms with E-state index in [0.717, 1.165) is 11.4 Å². The topological polar surface area (TPSA) is 61.3 Å². The number of methoxy groups -OCH3 is 1. The smallest absolute Gasteiger partial charge is 0.118 e. The summed E-state index contributed by atoms with van der Waals surface area (Å²) >= 11 is 0. The molecule has 0 heterocycles. The van der Waals surface area contributed by atoms with Gasteiger partial charge in [0.15, 0.2) is 0 Å². The summed E-state index contributed by atoms with van der Waals surface area (Å²) < 4.78 is 5.16. The Hall–Kier alpha value is -2.00. The third-order valence-corrected chi connectivity index (χ3v) is 3.09. The van der Waals surface area contributed by atoms with Crippen LogP contribution in [0.2, 0.25) is 0 Å². The van der Waals surface area contributed by atoms with Gasteiger partial charge < -0.3 is 16.2 Å². The third kappa shape index (κ3) is 2.63. The fraction of sp³-hybridized carbons (Fsp3) is 0.200. The summed E-state index contributed by atoms with van der Waals surface area (Å²) in [7, 11) is 1.66. The molecule has 3 heteroatoms. The molecule has 0 bridgehead atoms. The quantitative estimate of drug-likeness (QED) is 0.809. The van der Waals surface area contributed by atoms with Crippen LogP contribution in [0.1, 0.15) is 17.0 Å². The number of rotatable bonds is 4. The van der Waals surface area contributed by atoms with E-state index in [4.69, 9.17) is 16.2 Å². The first-order valence-corrected chi connectivity index (χ1v) is 5.94. The molecule has 0 radical (unpaired) electrons. The van der Waals surface area contributed by atoms with Crippen molar-refractivity contribution in [3.05, 3.63) is 59.7 Å². The van der Waals surface area contributed by atoms with E-state index in [9.17, 15) is 0 Å². The molecule has 0 aromatic heterocycles. The summed E-state index contributed by atoms with van der Waals surface area (Å²) in [6.07, 6.45) is 0. The first kappa shape index (κ1) is 12.5. The van der Waals surface area contributed by atoms with E-state index in [-0.39, 0.29) is 5.92 Å². The summed E-state index contributed by atoms with van der Waals surface area (Å²) in [5, 5.41) is 0. The highest BCUT2D eigenvalue weighted by Gasteiger charge is 2.12. The van der Waals surface area contributed by atoms with Gasteiger partial charge in [0.25, 0.3) is 0 Å². The minimum Gasteiger partial charge on any atom is -0.497 e. The highest BCUT2D eigenvalue weighted by Crippen LogP contribution is 2.25. The van der Waals surface area contributed by atoms with Crippen molar-refractivity contribution in [1.82, 2.24) is 0 Å². The van der Waals surface area contributed by atoms with Crippen LogP contribution in [0.4, 0.5) is 5.69 Å². The molecule has 94 valence electrons. The van der Waals surface area contributed by atoms with Crippen LogP contribution in [0.25, 0.3) is 0 Å². The predicted octanol–water partition coefficient (Wildman–Crippen LogP) is 2.37. The first-order chi connectivity index (χ1) is 8.74. The zero-order valence-corrected chi connectivity index (χ0v) is 10.5. The molecule has 2 rings (SSSR count). The molecule has 0 unspecified atom stereocenters. The van der Waals surface area contributed by atoms with Gasteiger partial charge in [-0.15, -0.1) is 0 Å². The standard InChI is InChI=1S/C15H18N2O/c1-18-14-8-4-12(5-9-14)15(10-16)11-2-6-13(17)7-3-11/h2-9,15H,10,16-17H2,1H3/t15-/m1/s1. The van der Waals surface area contributed by atoms with E-state index in [1.807, 2.05) is 48.5 Å². The molecule has 4 N–H and O–H groups in total.